The summed E-state index contributed by atoms with van der Waals surface area (Å²) >= 11 is 0. The predicted octanol–water partition coefficient (Wildman–Crippen LogP) is 2.37. The van der Waals surface area contributed by atoms with E-state index < -0.39 is 28.5 Å². The van der Waals surface area contributed by atoms with E-state index >= 15 is 0 Å². The number of nitro benzene ring substituents is 1. The summed E-state index contributed by atoms with van der Waals surface area (Å²) in [5.41, 5.74) is -1.91. The summed E-state index contributed by atoms with van der Waals surface area (Å²) in [7, 11) is 0. The van der Waals surface area contributed by atoms with Crippen molar-refractivity contribution in [1.29, 1.82) is 0 Å². The Hall–Kier alpha value is -1.83. The monoisotopic (exact) mass is 265 g/mol. The molecule has 0 aliphatic heterocycles. The van der Waals surface area contributed by atoms with E-state index in [1.54, 1.807) is 0 Å². The van der Waals surface area contributed by atoms with Crippen LogP contribution in [0.3, 0.4) is 0 Å². The molecule has 8 heteroatoms. The molecular formula is C10H10F3NO4. The number of alkyl halides is 3. The number of nitro groups is 1. The van der Waals surface area contributed by atoms with Crippen LogP contribution in [-0.2, 0) is 6.18 Å². The van der Waals surface area contributed by atoms with E-state index in [4.69, 9.17) is 9.84 Å². The smallest absolute Gasteiger partial charge is 0.416 e. The molecule has 1 aromatic rings. The van der Waals surface area contributed by atoms with Crippen molar-refractivity contribution in [3.8, 4) is 5.75 Å². The van der Waals surface area contributed by atoms with Crippen LogP contribution in [0.4, 0.5) is 18.9 Å². The van der Waals surface area contributed by atoms with E-state index in [1.807, 2.05) is 0 Å². The summed E-state index contributed by atoms with van der Waals surface area (Å²) in [4.78, 5) is 9.68. The van der Waals surface area contributed by atoms with Gasteiger partial charge >= 0.3 is 11.9 Å². The minimum atomic E-state index is -4.66. The molecule has 100 valence electrons. The van der Waals surface area contributed by atoms with E-state index in [-0.39, 0.29) is 12.4 Å². The molecule has 0 radical (unpaired) electrons. The number of ether oxygens (including phenoxy) is 1. The minimum absolute atomic E-state index is 0.244. The third-order valence-corrected chi connectivity index (χ3v) is 1.96. The van der Waals surface area contributed by atoms with Crippen molar-refractivity contribution >= 4 is 5.69 Å². The Labute approximate surface area is 99.9 Å². The van der Waals surface area contributed by atoms with Gasteiger partial charge < -0.3 is 9.84 Å². The molecule has 0 spiro atoms. The first kappa shape index (κ1) is 14.2. The van der Waals surface area contributed by atoms with E-state index in [9.17, 15) is 23.3 Å². The van der Waals surface area contributed by atoms with Crippen LogP contribution in [-0.4, -0.2) is 22.7 Å². The first-order valence-corrected chi connectivity index (χ1v) is 4.88. The first-order valence-electron chi connectivity index (χ1n) is 4.88. The second-order valence-electron chi connectivity index (χ2n) is 3.60. The molecule has 0 amide bonds. The first-order chi connectivity index (χ1) is 8.21. The van der Waals surface area contributed by atoms with Crippen LogP contribution in [0.25, 0.3) is 0 Å². The van der Waals surface area contributed by atoms with Crippen LogP contribution in [0.5, 0.6) is 5.75 Å². The summed E-state index contributed by atoms with van der Waals surface area (Å²) in [5.74, 6) is -0.311. The highest BCUT2D eigenvalue weighted by Crippen LogP contribution is 2.35. The van der Waals surface area contributed by atoms with Gasteiger partial charge in [0.05, 0.1) is 16.6 Å². The zero-order valence-electron chi connectivity index (χ0n) is 9.27. The van der Waals surface area contributed by atoms with Gasteiger partial charge in [-0.1, -0.05) is 0 Å². The van der Waals surface area contributed by atoms with Gasteiger partial charge in [-0.3, -0.25) is 10.1 Å². The number of rotatable bonds is 4. The van der Waals surface area contributed by atoms with Crippen molar-refractivity contribution in [3.63, 3.8) is 0 Å². The molecule has 0 aliphatic carbocycles. The Bertz CT molecular complexity index is 445. The third-order valence-electron chi connectivity index (χ3n) is 1.96. The Morgan fingerprint density at radius 2 is 2.11 bits per heavy atom. The molecule has 18 heavy (non-hydrogen) atoms. The molecule has 0 unspecified atom stereocenters. The molecule has 0 saturated carbocycles. The molecule has 1 aromatic carbocycles. The van der Waals surface area contributed by atoms with Gasteiger partial charge in [-0.05, 0) is 19.1 Å². The molecule has 0 saturated heterocycles. The lowest BCUT2D eigenvalue weighted by Gasteiger charge is -2.11. The molecule has 0 aromatic heterocycles. The van der Waals surface area contributed by atoms with Crippen molar-refractivity contribution in [2.45, 2.75) is 19.2 Å². The zero-order chi connectivity index (χ0) is 13.9. The number of hydrogen-bond acceptors (Lipinski definition) is 4. The maximum absolute atomic E-state index is 12.4. The van der Waals surface area contributed by atoms with Crippen LogP contribution < -0.4 is 4.74 Å². The summed E-state index contributed by atoms with van der Waals surface area (Å²) in [5, 5.41) is 19.6. The normalized spacial score (nSPS) is 13.2. The third kappa shape index (κ3) is 3.59. The minimum Gasteiger partial charge on any atom is -0.484 e. The Morgan fingerprint density at radius 1 is 1.50 bits per heavy atom. The Balaban J connectivity index is 3.09. The lowest BCUT2D eigenvalue weighted by atomic mass is 10.2. The summed E-state index contributed by atoms with van der Waals surface area (Å²) in [6, 6.07) is 1.95. The summed E-state index contributed by atoms with van der Waals surface area (Å²) < 4.78 is 42.0. The Kier molecular flexibility index (Phi) is 4.12. The fraction of sp³-hybridized carbons (Fsp3) is 0.400. The molecule has 1 N–H and O–H groups in total. The summed E-state index contributed by atoms with van der Waals surface area (Å²) in [6.45, 7) is 1.14. The van der Waals surface area contributed by atoms with Gasteiger partial charge in [0.2, 0.25) is 0 Å². The second kappa shape index (κ2) is 5.21. The lowest BCUT2D eigenvalue weighted by molar-refractivity contribution is -0.386. The Morgan fingerprint density at radius 3 is 2.56 bits per heavy atom. The average molecular weight is 265 g/mol. The highest BCUT2D eigenvalue weighted by molar-refractivity contribution is 5.49. The van der Waals surface area contributed by atoms with Gasteiger partial charge in [-0.2, -0.15) is 13.2 Å². The molecule has 0 aliphatic rings. The number of aliphatic hydroxyl groups excluding tert-OH is 1. The van der Waals surface area contributed by atoms with Crippen LogP contribution in [0.1, 0.15) is 12.5 Å². The van der Waals surface area contributed by atoms with Crippen molar-refractivity contribution in [3.05, 3.63) is 33.9 Å². The van der Waals surface area contributed by atoms with Gasteiger partial charge in [0.1, 0.15) is 6.61 Å². The molecule has 0 bridgehead atoms. The van der Waals surface area contributed by atoms with Crippen molar-refractivity contribution < 1.29 is 27.9 Å². The summed E-state index contributed by atoms with van der Waals surface area (Å²) in [6.07, 6.45) is -5.54. The maximum atomic E-state index is 12.4. The maximum Gasteiger partial charge on any atom is 0.416 e. The van der Waals surface area contributed by atoms with Crippen LogP contribution in [0.2, 0.25) is 0 Å². The van der Waals surface area contributed by atoms with E-state index in [0.717, 1.165) is 6.07 Å². The molecular weight excluding hydrogens is 255 g/mol. The number of halogens is 3. The fourth-order valence-electron chi connectivity index (χ4n) is 1.17. The molecule has 1 rings (SSSR count). The van der Waals surface area contributed by atoms with Gasteiger partial charge in [0.25, 0.3) is 0 Å². The number of nitrogens with zero attached hydrogens (tertiary/aromatic N) is 1. The van der Waals surface area contributed by atoms with E-state index in [2.05, 4.69) is 0 Å². The number of benzene rings is 1. The topological polar surface area (TPSA) is 72.6 Å². The van der Waals surface area contributed by atoms with Crippen LogP contribution in [0.15, 0.2) is 18.2 Å². The SMILES string of the molecule is C[C@H](O)COc1ccc(C(F)(F)F)cc1[N+](=O)[O-]. The molecule has 0 fully saturated rings. The quantitative estimate of drug-likeness (QED) is 0.670. The van der Waals surface area contributed by atoms with Gasteiger partial charge in [0.15, 0.2) is 5.75 Å². The average Bonchev–Trinajstić information content (AvgIpc) is 2.24. The number of hydrogen-bond donors (Lipinski definition) is 1. The predicted molar refractivity (Wildman–Crippen MR) is 55.3 cm³/mol. The standard InChI is InChI=1S/C10H10F3NO4/c1-6(15)5-18-9-3-2-7(10(11,12)13)4-8(9)14(16)17/h2-4,6,15H,5H2,1H3/t6-/m0/s1. The van der Waals surface area contributed by atoms with Crippen molar-refractivity contribution in [2.75, 3.05) is 6.61 Å². The van der Waals surface area contributed by atoms with Crippen LogP contribution >= 0.6 is 0 Å². The second-order valence-corrected chi connectivity index (χ2v) is 3.60. The molecule has 0 heterocycles. The lowest BCUT2D eigenvalue weighted by Crippen LogP contribution is -2.14. The van der Waals surface area contributed by atoms with Gasteiger partial charge in [0, 0.05) is 6.07 Å². The highest BCUT2D eigenvalue weighted by Gasteiger charge is 2.33. The number of aliphatic hydroxyl groups is 1. The van der Waals surface area contributed by atoms with Gasteiger partial charge in [-0.15, -0.1) is 0 Å². The van der Waals surface area contributed by atoms with E-state index in [1.165, 1.54) is 6.92 Å². The zero-order valence-corrected chi connectivity index (χ0v) is 9.27. The van der Waals surface area contributed by atoms with Crippen molar-refractivity contribution in [1.82, 2.24) is 0 Å². The highest BCUT2D eigenvalue weighted by atomic mass is 19.4. The largest absolute Gasteiger partial charge is 0.484 e. The van der Waals surface area contributed by atoms with Gasteiger partial charge in [-0.25, -0.2) is 0 Å². The van der Waals surface area contributed by atoms with Crippen molar-refractivity contribution in [2.24, 2.45) is 0 Å². The fourth-order valence-corrected chi connectivity index (χ4v) is 1.17. The molecule has 1 atom stereocenters. The van der Waals surface area contributed by atoms with Crippen LogP contribution in [0, 0.1) is 10.1 Å². The van der Waals surface area contributed by atoms with E-state index in [0.29, 0.717) is 12.1 Å². The molecule has 5 nitrogen and oxygen atoms in total.